The van der Waals surface area contributed by atoms with E-state index in [1.54, 1.807) is 0 Å². The zero-order chi connectivity index (χ0) is 15.8. The van der Waals surface area contributed by atoms with Crippen LogP contribution in [-0.4, -0.2) is 24.0 Å². The molecule has 3 aromatic carbocycles. The van der Waals surface area contributed by atoms with E-state index >= 15 is 0 Å². The average molecular weight is 304 g/mol. The van der Waals surface area contributed by atoms with E-state index in [2.05, 4.69) is 66.5 Å². The third-order valence-electron chi connectivity index (χ3n) is 5.39. The summed E-state index contributed by atoms with van der Waals surface area (Å²) >= 11 is 0. The molecule has 2 heteroatoms. The quantitative estimate of drug-likeness (QED) is 0.731. The largest absolute Gasteiger partial charge is 0.326 e. The Bertz CT molecular complexity index is 785. The Labute approximate surface area is 137 Å². The first kappa shape index (κ1) is 14.7. The molecule has 0 bridgehead atoms. The van der Waals surface area contributed by atoms with Crippen LogP contribution in [0, 0.1) is 0 Å². The van der Waals surface area contributed by atoms with Crippen molar-refractivity contribution in [1.29, 1.82) is 0 Å². The second kappa shape index (κ2) is 5.95. The van der Waals surface area contributed by atoms with E-state index in [1.165, 1.54) is 39.9 Å². The zero-order valence-electron chi connectivity index (χ0n) is 13.7. The van der Waals surface area contributed by atoms with Gasteiger partial charge in [0.25, 0.3) is 0 Å². The molecule has 1 aliphatic carbocycles. The highest BCUT2D eigenvalue weighted by Crippen LogP contribution is 2.31. The Morgan fingerprint density at radius 1 is 0.957 bits per heavy atom. The molecule has 0 spiro atoms. The number of benzene rings is 3. The normalized spacial score (nSPS) is 21.5. The topological polar surface area (TPSA) is 29.3 Å². The van der Waals surface area contributed by atoms with Crippen LogP contribution in [0.15, 0.2) is 54.6 Å². The van der Waals surface area contributed by atoms with Gasteiger partial charge >= 0.3 is 0 Å². The first-order valence-corrected chi connectivity index (χ1v) is 8.59. The Kier molecular flexibility index (Phi) is 3.80. The predicted octanol–water partition coefficient (Wildman–Crippen LogP) is 4.30. The van der Waals surface area contributed by atoms with Crippen LogP contribution in [0.5, 0.6) is 0 Å². The van der Waals surface area contributed by atoms with Gasteiger partial charge in [-0.15, -0.1) is 0 Å². The van der Waals surface area contributed by atoms with Crippen LogP contribution >= 0.6 is 0 Å². The van der Waals surface area contributed by atoms with Gasteiger partial charge < -0.3 is 5.73 Å². The van der Waals surface area contributed by atoms with Crippen LogP contribution in [0.4, 0.5) is 0 Å². The van der Waals surface area contributed by atoms with Crippen LogP contribution in [0.2, 0.25) is 0 Å². The summed E-state index contributed by atoms with van der Waals surface area (Å²) in [5.41, 5.74) is 7.75. The summed E-state index contributed by atoms with van der Waals surface area (Å²) in [5.74, 6) is 0. The fourth-order valence-electron chi connectivity index (χ4n) is 4.16. The van der Waals surface area contributed by atoms with Gasteiger partial charge in [-0.3, -0.25) is 4.90 Å². The Morgan fingerprint density at radius 2 is 1.57 bits per heavy atom. The van der Waals surface area contributed by atoms with Crippen molar-refractivity contribution >= 4 is 21.5 Å². The SMILES string of the molecule is CN(Cc1c2ccccc2cc2ccccc12)[C@@H]1CCC[C@H]1N. The maximum Gasteiger partial charge on any atom is 0.0247 e. The van der Waals surface area contributed by atoms with Crippen molar-refractivity contribution in [3.63, 3.8) is 0 Å². The van der Waals surface area contributed by atoms with E-state index in [4.69, 9.17) is 5.73 Å². The highest BCUT2D eigenvalue weighted by molar-refractivity contribution is 6.02. The molecule has 1 saturated carbocycles. The third-order valence-corrected chi connectivity index (χ3v) is 5.39. The summed E-state index contributed by atoms with van der Waals surface area (Å²) in [7, 11) is 2.23. The van der Waals surface area contributed by atoms with Crippen molar-refractivity contribution in [2.75, 3.05) is 7.05 Å². The molecule has 2 nitrogen and oxygen atoms in total. The van der Waals surface area contributed by atoms with Gasteiger partial charge in [-0.25, -0.2) is 0 Å². The minimum atomic E-state index is 0.321. The molecule has 0 saturated heterocycles. The zero-order valence-corrected chi connectivity index (χ0v) is 13.7. The second-order valence-corrected chi connectivity index (χ2v) is 6.87. The van der Waals surface area contributed by atoms with E-state index in [9.17, 15) is 0 Å². The minimum absolute atomic E-state index is 0.321. The highest BCUT2D eigenvalue weighted by atomic mass is 15.1. The molecule has 0 unspecified atom stereocenters. The first-order chi connectivity index (χ1) is 11.2. The van der Waals surface area contributed by atoms with Crippen molar-refractivity contribution < 1.29 is 0 Å². The van der Waals surface area contributed by atoms with Gasteiger partial charge in [0.15, 0.2) is 0 Å². The Balaban J connectivity index is 1.82. The maximum absolute atomic E-state index is 6.32. The second-order valence-electron chi connectivity index (χ2n) is 6.87. The lowest BCUT2D eigenvalue weighted by Crippen LogP contribution is -2.41. The van der Waals surface area contributed by atoms with Crippen LogP contribution in [0.3, 0.4) is 0 Å². The molecule has 3 aromatic rings. The molecule has 0 aromatic heterocycles. The van der Waals surface area contributed by atoms with Gasteiger partial charge in [-0.1, -0.05) is 55.0 Å². The number of hydrogen-bond donors (Lipinski definition) is 1. The number of hydrogen-bond acceptors (Lipinski definition) is 2. The highest BCUT2D eigenvalue weighted by Gasteiger charge is 2.27. The van der Waals surface area contributed by atoms with E-state index < -0.39 is 0 Å². The summed E-state index contributed by atoms with van der Waals surface area (Å²) in [5, 5.41) is 5.38. The number of nitrogens with zero attached hydrogens (tertiary/aromatic N) is 1. The molecule has 0 radical (unpaired) electrons. The molecule has 2 N–H and O–H groups in total. The van der Waals surface area contributed by atoms with Crippen molar-refractivity contribution in [3.8, 4) is 0 Å². The molecule has 2 atom stereocenters. The lowest BCUT2D eigenvalue weighted by Gasteiger charge is -2.28. The van der Waals surface area contributed by atoms with Gasteiger partial charge in [-0.2, -0.15) is 0 Å². The molecular formula is C21H24N2. The molecule has 0 heterocycles. The summed E-state index contributed by atoms with van der Waals surface area (Å²) in [4.78, 5) is 2.46. The van der Waals surface area contributed by atoms with E-state index in [0.717, 1.165) is 13.0 Å². The van der Waals surface area contributed by atoms with Crippen molar-refractivity contribution in [2.24, 2.45) is 5.73 Å². The molecular weight excluding hydrogens is 280 g/mol. The number of rotatable bonds is 3. The fraction of sp³-hybridized carbons (Fsp3) is 0.333. The van der Waals surface area contributed by atoms with Crippen molar-refractivity contribution in [2.45, 2.75) is 37.9 Å². The van der Waals surface area contributed by atoms with Gasteiger partial charge in [0, 0.05) is 18.6 Å². The summed E-state index contributed by atoms with van der Waals surface area (Å²) < 4.78 is 0. The Hall–Kier alpha value is -1.90. The molecule has 23 heavy (non-hydrogen) atoms. The van der Waals surface area contributed by atoms with E-state index in [0.29, 0.717) is 12.1 Å². The van der Waals surface area contributed by atoms with Crippen LogP contribution < -0.4 is 5.73 Å². The monoisotopic (exact) mass is 304 g/mol. The minimum Gasteiger partial charge on any atom is -0.326 e. The average Bonchev–Trinajstić information content (AvgIpc) is 3.00. The van der Waals surface area contributed by atoms with Gasteiger partial charge in [0.05, 0.1) is 0 Å². The summed E-state index contributed by atoms with van der Waals surface area (Å²) in [6.45, 7) is 0.959. The lowest BCUT2D eigenvalue weighted by molar-refractivity contribution is 0.222. The molecule has 118 valence electrons. The van der Waals surface area contributed by atoms with Gasteiger partial charge in [0.1, 0.15) is 0 Å². The van der Waals surface area contributed by atoms with Crippen LogP contribution in [0.1, 0.15) is 24.8 Å². The van der Waals surface area contributed by atoms with Crippen LogP contribution in [-0.2, 0) is 6.54 Å². The van der Waals surface area contributed by atoms with Crippen LogP contribution in [0.25, 0.3) is 21.5 Å². The van der Waals surface area contributed by atoms with Crippen molar-refractivity contribution in [1.82, 2.24) is 4.90 Å². The maximum atomic E-state index is 6.32. The lowest BCUT2D eigenvalue weighted by atomic mass is 9.96. The standard InChI is InChI=1S/C21H24N2/c1-23(21-12-6-11-20(21)22)14-19-17-9-4-2-7-15(17)13-16-8-3-5-10-18(16)19/h2-5,7-10,13,20-21H,6,11-12,14,22H2,1H3/t20-,21-/m1/s1. The molecule has 1 aliphatic rings. The molecule has 4 rings (SSSR count). The predicted molar refractivity (Wildman–Crippen MR) is 98.5 cm³/mol. The van der Waals surface area contributed by atoms with E-state index in [-0.39, 0.29) is 0 Å². The molecule has 0 aliphatic heterocycles. The number of fused-ring (bicyclic) bond motifs is 2. The van der Waals surface area contributed by atoms with Crippen molar-refractivity contribution in [3.05, 3.63) is 60.2 Å². The van der Waals surface area contributed by atoms with Gasteiger partial charge in [0.2, 0.25) is 0 Å². The Morgan fingerprint density at radius 3 is 2.13 bits per heavy atom. The summed E-state index contributed by atoms with van der Waals surface area (Å²) in [6, 6.07) is 20.6. The number of likely N-dealkylation sites (N-methyl/N-ethyl adjacent to an activating group) is 1. The summed E-state index contributed by atoms with van der Waals surface area (Å²) in [6.07, 6.45) is 3.64. The van der Waals surface area contributed by atoms with E-state index in [1.807, 2.05) is 0 Å². The molecule has 1 fully saturated rings. The molecule has 0 amide bonds. The first-order valence-electron chi connectivity index (χ1n) is 8.59. The van der Waals surface area contributed by atoms with Gasteiger partial charge in [-0.05, 0) is 53.1 Å². The smallest absolute Gasteiger partial charge is 0.0247 e. The fourth-order valence-corrected chi connectivity index (χ4v) is 4.16. The third kappa shape index (κ3) is 2.62. The number of nitrogens with two attached hydrogens (primary N) is 1.